The maximum Gasteiger partial charge on any atom is 0.324 e. The zero-order valence-electron chi connectivity index (χ0n) is 13.2. The van der Waals surface area contributed by atoms with Crippen molar-refractivity contribution < 1.29 is 14.4 Å². The number of aryl methyl sites for hydroxylation is 2. The van der Waals surface area contributed by atoms with Crippen LogP contribution >= 0.6 is 0 Å². The Hall–Kier alpha value is -2.38. The molecule has 0 aliphatic carbocycles. The van der Waals surface area contributed by atoms with Crippen LogP contribution in [0, 0.1) is 6.92 Å². The van der Waals surface area contributed by atoms with Crippen LogP contribution in [0.5, 0.6) is 0 Å². The van der Waals surface area contributed by atoms with Crippen molar-refractivity contribution in [2.45, 2.75) is 45.2 Å². The average Bonchev–Trinajstić information content (AvgIpc) is 3.02. The lowest BCUT2D eigenvalue weighted by atomic mass is 10.1. The van der Waals surface area contributed by atoms with E-state index in [9.17, 15) is 14.4 Å². The summed E-state index contributed by atoms with van der Waals surface area (Å²) < 4.78 is 2.09. The lowest BCUT2D eigenvalue weighted by Crippen LogP contribution is -2.41. The second kappa shape index (κ2) is 6.39. The zero-order chi connectivity index (χ0) is 16.4. The Morgan fingerprint density at radius 2 is 2.30 bits per heavy atom. The van der Waals surface area contributed by atoms with Gasteiger partial charge in [-0.2, -0.15) is 0 Å². The van der Waals surface area contributed by atoms with Crippen molar-refractivity contribution in [2.24, 2.45) is 0 Å². The van der Waals surface area contributed by atoms with Gasteiger partial charge in [0, 0.05) is 38.2 Å². The molecule has 0 bridgehead atoms. The molecule has 0 saturated carbocycles. The molecule has 2 N–H and O–H groups in total. The van der Waals surface area contributed by atoms with Gasteiger partial charge in [-0.15, -0.1) is 0 Å². The van der Waals surface area contributed by atoms with Gasteiger partial charge in [-0.3, -0.25) is 14.5 Å². The van der Waals surface area contributed by atoms with E-state index in [0.717, 1.165) is 35.8 Å². The molecule has 3 rings (SSSR count). The number of carbonyl (C=O) groups excluding carboxylic acids is 3. The van der Waals surface area contributed by atoms with Gasteiger partial charge in [0.1, 0.15) is 5.82 Å². The molecule has 1 aromatic rings. The monoisotopic (exact) mass is 319 g/mol. The standard InChI is InChI=1S/C15H21N5O3/c1-10-8-19-9-11(4-5-12(19)17-10)18-13(21)3-2-6-20-14(22)7-16-15(20)23/h8,11H,2-7,9H2,1H3,(H,16,23)(H,18,21). The highest BCUT2D eigenvalue weighted by Crippen LogP contribution is 2.15. The maximum absolute atomic E-state index is 12.0. The fraction of sp³-hybridized carbons (Fsp3) is 0.600. The smallest absolute Gasteiger partial charge is 0.324 e. The highest BCUT2D eigenvalue weighted by atomic mass is 16.2. The van der Waals surface area contributed by atoms with Crippen LogP contribution in [0.2, 0.25) is 0 Å². The molecule has 4 amide bonds. The number of imidazole rings is 1. The van der Waals surface area contributed by atoms with E-state index in [1.165, 1.54) is 0 Å². The molecule has 1 saturated heterocycles. The van der Waals surface area contributed by atoms with Gasteiger partial charge >= 0.3 is 6.03 Å². The first-order chi connectivity index (χ1) is 11.0. The van der Waals surface area contributed by atoms with E-state index in [1.807, 2.05) is 13.1 Å². The third kappa shape index (κ3) is 3.52. The second-order valence-electron chi connectivity index (χ2n) is 6.06. The van der Waals surface area contributed by atoms with Crippen LogP contribution in [0.25, 0.3) is 0 Å². The number of nitrogens with one attached hydrogen (secondary N) is 2. The number of rotatable bonds is 5. The summed E-state index contributed by atoms with van der Waals surface area (Å²) in [4.78, 5) is 40.4. The summed E-state index contributed by atoms with van der Waals surface area (Å²) in [7, 11) is 0. The van der Waals surface area contributed by atoms with E-state index in [0.29, 0.717) is 12.8 Å². The van der Waals surface area contributed by atoms with Crippen molar-refractivity contribution in [1.29, 1.82) is 0 Å². The molecule has 0 aromatic carbocycles. The SMILES string of the molecule is Cc1cn2c(n1)CCC(NC(=O)CCCN1C(=O)CNC1=O)C2. The molecule has 2 aliphatic rings. The largest absolute Gasteiger partial charge is 0.352 e. The molecule has 1 atom stereocenters. The van der Waals surface area contributed by atoms with Crippen LogP contribution in [0.15, 0.2) is 6.20 Å². The molecule has 3 heterocycles. The van der Waals surface area contributed by atoms with Crippen LogP contribution in [0.1, 0.15) is 30.8 Å². The minimum absolute atomic E-state index is 0.0395. The average molecular weight is 319 g/mol. The number of fused-ring (bicyclic) bond motifs is 1. The zero-order valence-corrected chi connectivity index (χ0v) is 13.2. The fourth-order valence-electron chi connectivity index (χ4n) is 3.08. The first kappa shape index (κ1) is 15.5. The van der Waals surface area contributed by atoms with Crippen molar-refractivity contribution in [2.75, 3.05) is 13.1 Å². The number of amides is 4. The normalized spacial score (nSPS) is 20.4. The van der Waals surface area contributed by atoms with Crippen molar-refractivity contribution in [3.8, 4) is 0 Å². The third-order valence-corrected chi connectivity index (χ3v) is 4.20. The van der Waals surface area contributed by atoms with Crippen LogP contribution < -0.4 is 10.6 Å². The molecule has 1 fully saturated rings. The van der Waals surface area contributed by atoms with Gasteiger partial charge in [-0.25, -0.2) is 9.78 Å². The molecular formula is C15H21N5O3. The van der Waals surface area contributed by atoms with E-state index in [1.54, 1.807) is 0 Å². The van der Waals surface area contributed by atoms with Crippen LogP contribution in [0.4, 0.5) is 4.79 Å². The fourth-order valence-corrected chi connectivity index (χ4v) is 3.08. The van der Waals surface area contributed by atoms with E-state index in [4.69, 9.17) is 0 Å². The number of nitrogens with zero attached hydrogens (tertiary/aromatic N) is 3. The van der Waals surface area contributed by atoms with Gasteiger partial charge in [-0.1, -0.05) is 0 Å². The Kier molecular flexibility index (Phi) is 4.31. The van der Waals surface area contributed by atoms with Gasteiger partial charge in [0.25, 0.3) is 0 Å². The number of hydrogen-bond acceptors (Lipinski definition) is 4. The summed E-state index contributed by atoms with van der Waals surface area (Å²) in [5, 5.41) is 5.49. The molecule has 0 spiro atoms. The highest BCUT2D eigenvalue weighted by Gasteiger charge is 2.28. The van der Waals surface area contributed by atoms with Gasteiger partial charge in [0.2, 0.25) is 11.8 Å². The molecule has 8 heteroatoms. The van der Waals surface area contributed by atoms with Crippen molar-refractivity contribution in [3.63, 3.8) is 0 Å². The minimum Gasteiger partial charge on any atom is -0.352 e. The summed E-state index contributed by atoms with van der Waals surface area (Å²) in [6, 6.07) is -0.258. The minimum atomic E-state index is -0.370. The molecule has 0 radical (unpaired) electrons. The quantitative estimate of drug-likeness (QED) is 0.744. The molecule has 124 valence electrons. The maximum atomic E-state index is 12.0. The molecule has 2 aliphatic heterocycles. The lowest BCUT2D eigenvalue weighted by Gasteiger charge is -2.24. The van der Waals surface area contributed by atoms with E-state index in [-0.39, 0.29) is 37.0 Å². The summed E-state index contributed by atoms with van der Waals surface area (Å²) >= 11 is 0. The topological polar surface area (TPSA) is 96.3 Å². The van der Waals surface area contributed by atoms with Crippen LogP contribution in [-0.4, -0.2) is 51.4 Å². The number of hydrogen-bond donors (Lipinski definition) is 2. The van der Waals surface area contributed by atoms with E-state index < -0.39 is 0 Å². The van der Waals surface area contributed by atoms with Gasteiger partial charge in [0.05, 0.1) is 12.2 Å². The molecule has 1 aromatic heterocycles. The summed E-state index contributed by atoms with van der Waals surface area (Å²) in [6.45, 7) is 3.05. The molecular weight excluding hydrogens is 298 g/mol. The van der Waals surface area contributed by atoms with E-state index >= 15 is 0 Å². The summed E-state index contributed by atoms with van der Waals surface area (Å²) in [6.07, 6.45) is 4.54. The number of carbonyl (C=O) groups is 3. The number of urea groups is 1. The van der Waals surface area contributed by atoms with Gasteiger partial charge < -0.3 is 15.2 Å². The van der Waals surface area contributed by atoms with Gasteiger partial charge in [-0.05, 0) is 19.8 Å². The number of aromatic nitrogens is 2. The summed E-state index contributed by atoms with van der Waals surface area (Å²) in [5.74, 6) is 0.805. The Morgan fingerprint density at radius 3 is 3.04 bits per heavy atom. The Balaban J connectivity index is 1.42. The molecule has 8 nitrogen and oxygen atoms in total. The summed E-state index contributed by atoms with van der Waals surface area (Å²) in [5.41, 5.74) is 1.00. The van der Waals surface area contributed by atoms with Crippen LogP contribution in [-0.2, 0) is 22.6 Å². The van der Waals surface area contributed by atoms with Crippen LogP contribution in [0.3, 0.4) is 0 Å². The third-order valence-electron chi connectivity index (χ3n) is 4.20. The first-order valence-corrected chi connectivity index (χ1v) is 7.93. The van der Waals surface area contributed by atoms with Crippen molar-refractivity contribution in [3.05, 3.63) is 17.7 Å². The molecule has 1 unspecified atom stereocenters. The van der Waals surface area contributed by atoms with Crippen molar-refractivity contribution in [1.82, 2.24) is 25.1 Å². The first-order valence-electron chi connectivity index (χ1n) is 7.93. The predicted molar refractivity (Wildman–Crippen MR) is 81.6 cm³/mol. The Bertz CT molecular complexity index is 623. The van der Waals surface area contributed by atoms with Crippen molar-refractivity contribution >= 4 is 17.8 Å². The highest BCUT2D eigenvalue weighted by molar-refractivity contribution is 6.01. The Labute approximate surface area is 134 Å². The Morgan fingerprint density at radius 1 is 1.48 bits per heavy atom. The predicted octanol–water partition coefficient (Wildman–Crippen LogP) is -0.0455. The molecule has 23 heavy (non-hydrogen) atoms. The number of imide groups is 1. The van der Waals surface area contributed by atoms with Gasteiger partial charge in [0.15, 0.2) is 0 Å². The second-order valence-corrected chi connectivity index (χ2v) is 6.06. The van der Waals surface area contributed by atoms with E-state index in [2.05, 4.69) is 20.2 Å². The lowest BCUT2D eigenvalue weighted by molar-refractivity contribution is -0.126.